The minimum Gasteiger partial charge on any atom is -0.503 e. The smallest absolute Gasteiger partial charge is 0.262 e. The molecule has 0 saturated heterocycles. The number of nitrogens with two attached hydrogens (primary N) is 1. The molecule has 3 aromatic rings. The van der Waals surface area contributed by atoms with Crippen molar-refractivity contribution >= 4 is 33.6 Å². The SMILES string of the molecule is COc1cc(C=Cc2cc(OC)c(OC)c(OC)c2)cc(NS(=O)(=O)c2ccc(N)cc2)c1O. The fraction of sp³-hybridized carbons (Fsp3) is 0.167. The lowest BCUT2D eigenvalue weighted by Gasteiger charge is -2.14. The van der Waals surface area contributed by atoms with Gasteiger partial charge in [0.2, 0.25) is 5.75 Å². The van der Waals surface area contributed by atoms with Gasteiger partial charge in [0, 0.05) is 5.69 Å². The molecule has 0 spiro atoms. The monoisotopic (exact) mass is 486 g/mol. The van der Waals surface area contributed by atoms with Crippen LogP contribution >= 0.6 is 0 Å². The summed E-state index contributed by atoms with van der Waals surface area (Å²) in [6.07, 6.45) is 3.50. The van der Waals surface area contributed by atoms with Gasteiger partial charge in [-0.15, -0.1) is 0 Å². The van der Waals surface area contributed by atoms with Crippen molar-refractivity contribution in [2.24, 2.45) is 0 Å². The number of rotatable bonds is 9. The van der Waals surface area contributed by atoms with E-state index in [0.717, 1.165) is 5.56 Å². The van der Waals surface area contributed by atoms with Crippen LogP contribution in [0, 0.1) is 0 Å². The zero-order valence-corrected chi connectivity index (χ0v) is 20.0. The Morgan fingerprint density at radius 1 is 0.794 bits per heavy atom. The van der Waals surface area contributed by atoms with E-state index >= 15 is 0 Å². The first-order chi connectivity index (χ1) is 16.2. The molecule has 0 amide bonds. The Balaban J connectivity index is 1.99. The molecule has 180 valence electrons. The van der Waals surface area contributed by atoms with Gasteiger partial charge in [0.15, 0.2) is 23.0 Å². The van der Waals surface area contributed by atoms with Crippen molar-refractivity contribution in [3.8, 4) is 28.7 Å². The fourth-order valence-corrected chi connectivity index (χ4v) is 4.26. The van der Waals surface area contributed by atoms with E-state index in [1.165, 1.54) is 58.8 Å². The van der Waals surface area contributed by atoms with Gasteiger partial charge < -0.3 is 29.8 Å². The van der Waals surface area contributed by atoms with Crippen molar-refractivity contribution in [2.45, 2.75) is 4.90 Å². The first-order valence-electron chi connectivity index (χ1n) is 9.99. The molecule has 0 fully saturated rings. The quantitative estimate of drug-likeness (QED) is 0.235. The van der Waals surface area contributed by atoms with Crippen LogP contribution in [0.3, 0.4) is 0 Å². The Morgan fingerprint density at radius 2 is 1.29 bits per heavy atom. The molecule has 4 N–H and O–H groups in total. The van der Waals surface area contributed by atoms with E-state index < -0.39 is 10.0 Å². The van der Waals surface area contributed by atoms with Crippen LogP contribution in [0.5, 0.6) is 28.7 Å². The molecule has 3 rings (SSSR count). The maximum absolute atomic E-state index is 12.8. The van der Waals surface area contributed by atoms with Crippen molar-refractivity contribution < 1.29 is 32.5 Å². The Kier molecular flexibility index (Phi) is 7.42. The maximum Gasteiger partial charge on any atom is 0.262 e. The molecule has 0 heterocycles. The first-order valence-corrected chi connectivity index (χ1v) is 11.5. The fourth-order valence-electron chi connectivity index (χ4n) is 3.20. The maximum atomic E-state index is 12.8. The van der Waals surface area contributed by atoms with Gasteiger partial charge in [-0.25, -0.2) is 8.42 Å². The highest BCUT2D eigenvalue weighted by Crippen LogP contribution is 2.40. The van der Waals surface area contributed by atoms with Crippen LogP contribution in [0.4, 0.5) is 11.4 Å². The Bertz CT molecular complexity index is 1280. The second-order valence-electron chi connectivity index (χ2n) is 7.09. The van der Waals surface area contributed by atoms with Crippen LogP contribution in [-0.4, -0.2) is 42.0 Å². The van der Waals surface area contributed by atoms with Crippen molar-refractivity contribution in [1.82, 2.24) is 0 Å². The second-order valence-corrected chi connectivity index (χ2v) is 8.77. The van der Waals surface area contributed by atoms with Crippen LogP contribution in [0.1, 0.15) is 11.1 Å². The predicted molar refractivity (Wildman–Crippen MR) is 131 cm³/mol. The lowest BCUT2D eigenvalue weighted by Crippen LogP contribution is -2.13. The van der Waals surface area contributed by atoms with E-state index in [1.807, 2.05) is 0 Å². The molecular weight excluding hydrogens is 460 g/mol. The number of hydrogen-bond donors (Lipinski definition) is 3. The Labute approximate surface area is 198 Å². The highest BCUT2D eigenvalue weighted by Gasteiger charge is 2.19. The van der Waals surface area contributed by atoms with E-state index in [2.05, 4.69) is 4.72 Å². The van der Waals surface area contributed by atoms with E-state index in [9.17, 15) is 13.5 Å². The Morgan fingerprint density at radius 3 is 1.79 bits per heavy atom. The van der Waals surface area contributed by atoms with Gasteiger partial charge in [-0.05, 0) is 59.7 Å². The van der Waals surface area contributed by atoms with Crippen LogP contribution in [0.15, 0.2) is 53.4 Å². The summed E-state index contributed by atoms with van der Waals surface area (Å²) in [6, 6.07) is 12.3. The van der Waals surface area contributed by atoms with Gasteiger partial charge in [-0.2, -0.15) is 0 Å². The molecule has 0 aliphatic carbocycles. The lowest BCUT2D eigenvalue weighted by atomic mass is 10.1. The van der Waals surface area contributed by atoms with Gasteiger partial charge >= 0.3 is 0 Å². The third-order valence-corrected chi connectivity index (χ3v) is 6.29. The number of ether oxygens (including phenoxy) is 4. The highest BCUT2D eigenvalue weighted by atomic mass is 32.2. The summed E-state index contributed by atoms with van der Waals surface area (Å²) in [4.78, 5) is -0.00145. The van der Waals surface area contributed by atoms with Crippen LogP contribution in [-0.2, 0) is 10.0 Å². The van der Waals surface area contributed by atoms with Gasteiger partial charge in [0.25, 0.3) is 10.0 Å². The molecule has 34 heavy (non-hydrogen) atoms. The average molecular weight is 487 g/mol. The van der Waals surface area contributed by atoms with E-state index in [0.29, 0.717) is 28.5 Å². The Hall–Kier alpha value is -4.05. The second kappa shape index (κ2) is 10.3. The number of nitrogens with one attached hydrogen (secondary N) is 1. The molecule has 0 aliphatic heterocycles. The third-order valence-electron chi connectivity index (χ3n) is 4.91. The standard InChI is InChI=1S/C24H26N2O7S/c1-30-20-12-15(5-6-16-13-21(31-2)24(33-4)22(14-16)32-3)11-19(23(20)27)26-34(28,29)18-9-7-17(25)8-10-18/h5-14,26-27H,25H2,1-4H3. The predicted octanol–water partition coefficient (Wildman–Crippen LogP) is 3.98. The van der Waals surface area contributed by atoms with Crippen molar-refractivity contribution in [1.29, 1.82) is 0 Å². The number of aromatic hydroxyl groups is 1. The number of phenolic OH excluding ortho intramolecular Hbond substituents is 1. The van der Waals surface area contributed by atoms with E-state index in [1.54, 1.807) is 30.4 Å². The number of benzene rings is 3. The third kappa shape index (κ3) is 5.29. The molecule has 0 bridgehead atoms. The van der Waals surface area contributed by atoms with Crippen molar-refractivity contribution in [3.05, 3.63) is 59.7 Å². The lowest BCUT2D eigenvalue weighted by molar-refractivity contribution is 0.324. The number of sulfonamides is 1. The number of hydrogen-bond acceptors (Lipinski definition) is 8. The number of methoxy groups -OCH3 is 4. The summed E-state index contributed by atoms with van der Waals surface area (Å²) in [5, 5.41) is 10.5. The largest absolute Gasteiger partial charge is 0.503 e. The molecule has 3 aromatic carbocycles. The highest BCUT2D eigenvalue weighted by molar-refractivity contribution is 7.92. The van der Waals surface area contributed by atoms with Crippen LogP contribution in [0.2, 0.25) is 0 Å². The molecule has 0 saturated carbocycles. The number of nitrogen functional groups attached to an aromatic ring is 1. The van der Waals surface area contributed by atoms with Gasteiger partial charge in [0.05, 0.1) is 39.0 Å². The summed E-state index contributed by atoms with van der Waals surface area (Å²) in [5.74, 6) is 1.20. The summed E-state index contributed by atoms with van der Waals surface area (Å²) in [5.41, 5.74) is 7.34. The summed E-state index contributed by atoms with van der Waals surface area (Å²) in [6.45, 7) is 0. The molecule has 9 nitrogen and oxygen atoms in total. The minimum atomic E-state index is -3.98. The summed E-state index contributed by atoms with van der Waals surface area (Å²) >= 11 is 0. The summed E-state index contributed by atoms with van der Waals surface area (Å²) < 4.78 is 49.3. The van der Waals surface area contributed by atoms with Crippen molar-refractivity contribution in [3.63, 3.8) is 0 Å². The number of phenols is 1. The molecule has 0 aromatic heterocycles. The summed E-state index contributed by atoms with van der Waals surface area (Å²) in [7, 11) is 1.96. The average Bonchev–Trinajstić information content (AvgIpc) is 2.83. The van der Waals surface area contributed by atoms with Crippen molar-refractivity contribution in [2.75, 3.05) is 38.9 Å². The topological polar surface area (TPSA) is 129 Å². The first kappa shape index (κ1) is 24.6. The van der Waals surface area contributed by atoms with Gasteiger partial charge in [0.1, 0.15) is 0 Å². The zero-order valence-electron chi connectivity index (χ0n) is 19.2. The number of anilines is 2. The van der Waals surface area contributed by atoms with E-state index in [4.69, 9.17) is 24.7 Å². The van der Waals surface area contributed by atoms with Crippen LogP contribution < -0.4 is 29.4 Å². The molecule has 0 aliphatic rings. The molecular formula is C24H26N2O7S. The molecule has 0 unspecified atom stereocenters. The van der Waals surface area contributed by atoms with Gasteiger partial charge in [-0.1, -0.05) is 12.2 Å². The zero-order chi connectivity index (χ0) is 24.9. The molecule has 0 radical (unpaired) electrons. The minimum absolute atomic E-state index is 0.00145. The normalized spacial score (nSPS) is 11.3. The molecule has 10 heteroatoms. The molecule has 0 atom stereocenters. The van der Waals surface area contributed by atoms with Crippen LogP contribution in [0.25, 0.3) is 12.2 Å². The van der Waals surface area contributed by atoms with Gasteiger partial charge in [-0.3, -0.25) is 4.72 Å². The van der Waals surface area contributed by atoms with E-state index in [-0.39, 0.29) is 22.1 Å².